The predicted octanol–water partition coefficient (Wildman–Crippen LogP) is 3.31. The Morgan fingerprint density at radius 1 is 1.50 bits per heavy atom. The molecule has 0 radical (unpaired) electrons. The number of nitrogens with two attached hydrogens (primary N) is 1. The summed E-state index contributed by atoms with van der Waals surface area (Å²) in [4.78, 5) is 29.3. The number of benzene rings is 1. The van der Waals surface area contributed by atoms with Gasteiger partial charge >= 0.3 is 0 Å². The second-order valence-corrected chi connectivity index (χ2v) is 7.32. The van der Waals surface area contributed by atoms with E-state index in [0.717, 1.165) is 11.3 Å². The van der Waals surface area contributed by atoms with Crippen LogP contribution in [0.15, 0.2) is 33.9 Å². The minimum Gasteiger partial charge on any atom is -0.483 e. The number of carbonyl (C=O) groups excluding carboxylic acids is 1. The third-order valence-electron chi connectivity index (χ3n) is 4.48. The largest absolute Gasteiger partial charge is 0.483 e. The molecule has 7 nitrogen and oxygen atoms in total. The van der Waals surface area contributed by atoms with Gasteiger partial charge in [0.2, 0.25) is 0 Å². The minimum atomic E-state index is -0.664. The van der Waals surface area contributed by atoms with E-state index in [2.05, 4.69) is 9.98 Å². The monoisotopic (exact) mass is 407 g/mol. The van der Waals surface area contributed by atoms with Crippen molar-refractivity contribution in [3.8, 4) is 0 Å². The number of carbonyl (C=O) groups is 2. The van der Waals surface area contributed by atoms with E-state index in [0.29, 0.717) is 29.5 Å². The highest BCUT2D eigenvalue weighted by molar-refractivity contribution is 8.13. The lowest BCUT2D eigenvalue weighted by Crippen LogP contribution is -2.32. The molecule has 1 aliphatic rings. The first-order valence-electron chi connectivity index (χ1n) is 8.65. The van der Waals surface area contributed by atoms with Crippen LogP contribution in [0.3, 0.4) is 0 Å². The number of hydrogen-bond donors (Lipinski definition) is 2. The Hall–Kier alpha value is -2.68. The third-order valence-corrected chi connectivity index (χ3v) is 5.27. The van der Waals surface area contributed by atoms with Gasteiger partial charge in [-0.2, -0.15) is 0 Å². The van der Waals surface area contributed by atoms with Crippen LogP contribution in [0, 0.1) is 12.7 Å². The molecule has 28 heavy (non-hydrogen) atoms. The predicted molar refractivity (Wildman–Crippen MR) is 105 cm³/mol. The zero-order chi connectivity index (χ0) is 20.7. The Bertz CT molecular complexity index is 884. The summed E-state index contributed by atoms with van der Waals surface area (Å²) in [5.74, 6) is 0.753. The molecule has 9 heteroatoms. The van der Waals surface area contributed by atoms with Crippen molar-refractivity contribution in [3.05, 3.63) is 53.0 Å². The minimum absolute atomic E-state index is 0.132. The quantitative estimate of drug-likeness (QED) is 0.576. The van der Waals surface area contributed by atoms with E-state index in [4.69, 9.17) is 20.1 Å². The number of aromatic nitrogens is 1. The molecule has 0 fully saturated rings. The van der Waals surface area contributed by atoms with Crippen LogP contribution < -0.4 is 5.73 Å². The molecule has 3 rings (SSSR count). The van der Waals surface area contributed by atoms with E-state index in [-0.39, 0.29) is 30.2 Å². The topological polar surface area (TPSA) is 119 Å². The average Bonchev–Trinajstić information content (AvgIpc) is 3.10. The van der Waals surface area contributed by atoms with Crippen molar-refractivity contribution >= 4 is 29.2 Å². The highest BCUT2D eigenvalue weighted by atomic mass is 32.2. The third kappa shape index (κ3) is 4.98. The lowest BCUT2D eigenvalue weighted by atomic mass is 9.83. The maximum Gasteiger partial charge on any atom is 0.290 e. The molecule has 1 atom stereocenters. The molecule has 3 N–H and O–H groups in total. The van der Waals surface area contributed by atoms with E-state index >= 15 is 0 Å². The number of halogens is 1. The number of nitrogens with zero attached hydrogens (tertiary/aromatic N) is 2. The first-order chi connectivity index (χ1) is 13.3. The van der Waals surface area contributed by atoms with E-state index in [1.54, 1.807) is 19.1 Å². The zero-order valence-corrected chi connectivity index (χ0v) is 16.5. The van der Waals surface area contributed by atoms with E-state index in [1.165, 1.54) is 24.1 Å². The summed E-state index contributed by atoms with van der Waals surface area (Å²) in [5, 5.41) is 7.37. The van der Waals surface area contributed by atoms with Crippen molar-refractivity contribution in [2.24, 2.45) is 10.7 Å². The summed E-state index contributed by atoms with van der Waals surface area (Å²) in [5.41, 5.74) is 6.73. The molecule has 0 spiro atoms. The van der Waals surface area contributed by atoms with E-state index in [1.807, 2.05) is 6.92 Å². The fraction of sp³-hybridized carbons (Fsp3) is 0.368. The first kappa shape index (κ1) is 21.6. The molecule has 0 amide bonds. The summed E-state index contributed by atoms with van der Waals surface area (Å²) >= 11 is 1.48. The van der Waals surface area contributed by atoms with Gasteiger partial charge in [-0.25, -0.2) is 9.37 Å². The number of Topliss-reactive ketones (excluding diaryl/α,β-unsaturated/α-hetero) is 1. The second-order valence-electron chi connectivity index (χ2n) is 6.20. The molecule has 1 aliphatic heterocycles. The highest BCUT2D eigenvalue weighted by Gasteiger charge is 2.35. The molecule has 150 valence electrons. The summed E-state index contributed by atoms with van der Waals surface area (Å²) < 4.78 is 19.6. The number of hydrogen-bond acceptors (Lipinski definition) is 7. The van der Waals surface area contributed by atoms with Gasteiger partial charge < -0.3 is 15.3 Å². The van der Waals surface area contributed by atoms with Crippen molar-refractivity contribution in [3.63, 3.8) is 0 Å². The Morgan fingerprint density at radius 3 is 2.79 bits per heavy atom. The van der Waals surface area contributed by atoms with E-state index in [9.17, 15) is 9.18 Å². The van der Waals surface area contributed by atoms with Crippen LogP contribution >= 0.6 is 11.8 Å². The summed E-state index contributed by atoms with van der Waals surface area (Å²) in [7, 11) is 0. The Labute approximate surface area is 166 Å². The molecule has 0 aliphatic carbocycles. The van der Waals surface area contributed by atoms with Gasteiger partial charge in [0.05, 0.1) is 5.54 Å². The van der Waals surface area contributed by atoms with Crippen molar-refractivity contribution in [2.45, 2.75) is 38.6 Å². The Morgan fingerprint density at radius 2 is 2.21 bits per heavy atom. The number of ketones is 1. The molecule has 1 aromatic carbocycles. The van der Waals surface area contributed by atoms with Gasteiger partial charge in [-0.3, -0.25) is 14.6 Å². The van der Waals surface area contributed by atoms with Gasteiger partial charge in [0.15, 0.2) is 16.8 Å². The first-order valence-corrected chi connectivity index (χ1v) is 9.64. The molecule has 0 saturated carbocycles. The normalized spacial score (nSPS) is 18.6. The fourth-order valence-corrected chi connectivity index (χ4v) is 3.96. The molecule has 2 aromatic rings. The van der Waals surface area contributed by atoms with E-state index < -0.39 is 5.54 Å². The maximum atomic E-state index is 14.5. The smallest absolute Gasteiger partial charge is 0.290 e. The molecule has 2 heterocycles. The molecular weight excluding hydrogens is 385 g/mol. The van der Waals surface area contributed by atoms with Gasteiger partial charge in [0.1, 0.15) is 17.8 Å². The van der Waals surface area contributed by atoms with Gasteiger partial charge in [-0.05, 0) is 30.5 Å². The standard InChI is InChI=1S/C18H20FN3O2S.CH2O2/c1-3-18(6-7-25-17(20)22-18)13-8-12(4-5-14(13)19)9-16(23)15-10-24-11(2)21-15;2-1-3/h4-5,8,10H,3,6-7,9H2,1-2H3,(H2,20,22);1H,(H,2,3)/t18-;/m0./s1. The summed E-state index contributed by atoms with van der Waals surface area (Å²) in [6.45, 7) is 3.41. The van der Waals surface area contributed by atoms with Crippen molar-refractivity contribution < 1.29 is 23.5 Å². The SMILES string of the molecule is CC[C@@]1(c2cc(CC(=O)c3coc(C)n3)ccc2F)CCSC(N)=N1.O=CO. The Balaban J connectivity index is 0.000000878. The lowest BCUT2D eigenvalue weighted by molar-refractivity contribution is -0.122. The van der Waals surface area contributed by atoms with Crippen LogP contribution in [-0.2, 0) is 16.8 Å². The highest BCUT2D eigenvalue weighted by Crippen LogP contribution is 2.39. The van der Waals surface area contributed by atoms with Crippen LogP contribution in [0.1, 0.15) is 47.3 Å². The van der Waals surface area contributed by atoms with Crippen LogP contribution in [-0.4, -0.2) is 33.3 Å². The zero-order valence-electron chi connectivity index (χ0n) is 15.6. The second kappa shape index (κ2) is 9.50. The molecule has 1 aromatic heterocycles. The van der Waals surface area contributed by atoms with Gasteiger partial charge in [0, 0.05) is 24.7 Å². The number of oxazole rings is 1. The molecule has 0 saturated heterocycles. The van der Waals surface area contributed by atoms with Crippen LogP contribution in [0.4, 0.5) is 4.39 Å². The van der Waals surface area contributed by atoms with Gasteiger partial charge in [-0.15, -0.1) is 0 Å². The summed E-state index contributed by atoms with van der Waals surface area (Å²) in [6.07, 6.45) is 2.84. The maximum absolute atomic E-state index is 14.5. The van der Waals surface area contributed by atoms with Crippen LogP contribution in [0.2, 0.25) is 0 Å². The Kier molecular flexibility index (Phi) is 7.33. The van der Waals surface area contributed by atoms with Gasteiger partial charge in [0.25, 0.3) is 6.47 Å². The number of aryl methyl sites for hydroxylation is 1. The average molecular weight is 407 g/mol. The fourth-order valence-electron chi connectivity index (χ4n) is 3.07. The number of rotatable bonds is 5. The number of carboxylic acid groups (broad SMARTS) is 1. The van der Waals surface area contributed by atoms with Crippen molar-refractivity contribution in [1.29, 1.82) is 0 Å². The number of amidine groups is 1. The number of aliphatic imine (C=N–C) groups is 1. The lowest BCUT2D eigenvalue weighted by Gasteiger charge is -2.33. The number of thioether (sulfide) groups is 1. The molecular formula is C19H22FN3O4S. The van der Waals surface area contributed by atoms with Crippen LogP contribution in [0.25, 0.3) is 0 Å². The van der Waals surface area contributed by atoms with Crippen molar-refractivity contribution in [2.75, 3.05) is 5.75 Å². The van der Waals surface area contributed by atoms with Crippen LogP contribution in [0.5, 0.6) is 0 Å². The van der Waals surface area contributed by atoms with Gasteiger partial charge in [-0.1, -0.05) is 24.8 Å². The molecule has 0 bridgehead atoms. The molecule has 0 unspecified atom stereocenters. The summed E-state index contributed by atoms with van der Waals surface area (Å²) in [6, 6.07) is 4.75. The van der Waals surface area contributed by atoms with Crippen molar-refractivity contribution in [1.82, 2.24) is 4.98 Å².